The summed E-state index contributed by atoms with van der Waals surface area (Å²) in [4.78, 5) is 14.5. The third-order valence-corrected chi connectivity index (χ3v) is 6.13. The minimum absolute atomic E-state index is 0.0396. The Morgan fingerprint density at radius 2 is 2.08 bits per heavy atom. The van der Waals surface area contributed by atoms with Crippen LogP contribution >= 0.6 is 0 Å². The zero-order valence-corrected chi connectivity index (χ0v) is 15.9. The van der Waals surface area contributed by atoms with Gasteiger partial charge in [0.1, 0.15) is 5.75 Å². The number of hydrogen-bond donors (Lipinski definition) is 2. The Morgan fingerprint density at radius 3 is 2.81 bits per heavy atom. The lowest BCUT2D eigenvalue weighted by Gasteiger charge is -2.25. The summed E-state index contributed by atoms with van der Waals surface area (Å²) >= 11 is 0. The van der Waals surface area contributed by atoms with Crippen LogP contribution in [-0.4, -0.2) is 42.8 Å². The van der Waals surface area contributed by atoms with Gasteiger partial charge in [0.2, 0.25) is 0 Å². The molecule has 1 aromatic carbocycles. The second-order valence-corrected chi connectivity index (χ2v) is 7.82. The molecule has 3 rings (SSSR count). The van der Waals surface area contributed by atoms with Crippen molar-refractivity contribution >= 4 is 6.03 Å². The van der Waals surface area contributed by atoms with Gasteiger partial charge in [-0.2, -0.15) is 0 Å². The normalized spacial score (nSPS) is 20.6. The molecular weight excluding hydrogens is 328 g/mol. The van der Waals surface area contributed by atoms with E-state index in [1.165, 1.54) is 38.5 Å². The van der Waals surface area contributed by atoms with E-state index in [2.05, 4.69) is 5.32 Å². The lowest BCUT2D eigenvalue weighted by Crippen LogP contribution is -2.41. The van der Waals surface area contributed by atoms with Gasteiger partial charge in [0.15, 0.2) is 0 Å². The number of benzene rings is 1. The van der Waals surface area contributed by atoms with Gasteiger partial charge in [-0.3, -0.25) is 0 Å². The van der Waals surface area contributed by atoms with E-state index < -0.39 is 0 Å². The van der Waals surface area contributed by atoms with Crippen LogP contribution in [-0.2, 0) is 6.54 Å². The molecule has 0 aliphatic heterocycles. The summed E-state index contributed by atoms with van der Waals surface area (Å²) in [6.07, 6.45) is 8.59. The topological polar surface area (TPSA) is 61.8 Å². The Labute approximate surface area is 156 Å². The molecule has 5 heteroatoms. The van der Waals surface area contributed by atoms with Crippen molar-refractivity contribution < 1.29 is 14.6 Å². The van der Waals surface area contributed by atoms with Gasteiger partial charge < -0.3 is 20.1 Å². The van der Waals surface area contributed by atoms with Crippen molar-refractivity contribution in [3.05, 3.63) is 29.8 Å². The second-order valence-electron chi connectivity index (χ2n) is 7.82. The van der Waals surface area contributed by atoms with Gasteiger partial charge in [-0.15, -0.1) is 0 Å². The summed E-state index contributed by atoms with van der Waals surface area (Å²) in [5, 5.41) is 12.3. The number of nitrogens with one attached hydrogen (secondary N) is 1. The van der Waals surface area contributed by atoms with Crippen LogP contribution in [0.2, 0.25) is 0 Å². The Bertz CT molecular complexity index is 599. The Kier molecular flexibility index (Phi) is 6.41. The number of methoxy groups -OCH3 is 1. The van der Waals surface area contributed by atoms with Crippen LogP contribution in [0.3, 0.4) is 0 Å². The molecule has 26 heavy (non-hydrogen) atoms. The molecule has 144 valence electrons. The molecule has 2 N–H and O–H groups in total. The molecule has 1 aromatic rings. The summed E-state index contributed by atoms with van der Waals surface area (Å²) in [7, 11) is 1.65. The van der Waals surface area contributed by atoms with Crippen LogP contribution in [0, 0.1) is 11.3 Å². The number of aliphatic hydroxyl groups excluding tert-OH is 1. The number of carbonyl (C=O) groups excluding carboxylic acids is 1. The monoisotopic (exact) mass is 360 g/mol. The molecule has 0 bridgehead atoms. The number of amides is 2. The molecule has 0 aromatic heterocycles. The van der Waals surface area contributed by atoms with Gasteiger partial charge in [0, 0.05) is 25.3 Å². The average Bonchev–Trinajstić information content (AvgIpc) is 3.35. The number of urea groups is 1. The first kappa shape index (κ1) is 19.0. The van der Waals surface area contributed by atoms with Gasteiger partial charge in [0.05, 0.1) is 13.7 Å². The predicted octanol–water partition coefficient (Wildman–Crippen LogP) is 3.56. The maximum atomic E-state index is 12.7. The Balaban J connectivity index is 1.55. The molecule has 2 saturated carbocycles. The molecule has 2 fully saturated rings. The fourth-order valence-corrected chi connectivity index (χ4v) is 4.46. The summed E-state index contributed by atoms with van der Waals surface area (Å²) in [5.74, 6) is 1.44. The van der Waals surface area contributed by atoms with Gasteiger partial charge >= 0.3 is 6.03 Å². The minimum atomic E-state index is -0.0396. The molecule has 0 heterocycles. The van der Waals surface area contributed by atoms with E-state index in [-0.39, 0.29) is 12.6 Å². The van der Waals surface area contributed by atoms with Crippen molar-refractivity contribution in [2.24, 2.45) is 11.3 Å². The number of rotatable bonds is 8. The Hall–Kier alpha value is -1.75. The highest BCUT2D eigenvalue weighted by atomic mass is 16.5. The van der Waals surface area contributed by atoms with E-state index >= 15 is 0 Å². The minimum Gasteiger partial charge on any atom is -0.496 e. The first-order valence-electron chi connectivity index (χ1n) is 9.94. The van der Waals surface area contributed by atoms with Gasteiger partial charge in [-0.1, -0.05) is 37.5 Å². The average molecular weight is 360 g/mol. The standard InChI is InChI=1S/C21H32N2O3/c1-26-19-9-4-3-8-17(19)16-23(12-7-13-24)20(25)22-15-18-14-21(18)10-5-2-6-11-21/h3-4,8-9,18,24H,2,5-7,10-16H2,1H3,(H,22,25)/t18-/m0/s1. The molecule has 5 nitrogen and oxygen atoms in total. The van der Waals surface area contributed by atoms with Gasteiger partial charge in [0.25, 0.3) is 0 Å². The van der Waals surface area contributed by atoms with Crippen LogP contribution < -0.4 is 10.1 Å². The molecule has 1 spiro atoms. The largest absolute Gasteiger partial charge is 0.496 e. The number of para-hydroxylation sites is 1. The molecule has 1 atom stereocenters. The number of carbonyl (C=O) groups is 1. The van der Waals surface area contributed by atoms with E-state index in [9.17, 15) is 9.90 Å². The molecule has 0 saturated heterocycles. The number of hydrogen-bond acceptors (Lipinski definition) is 3. The van der Waals surface area contributed by atoms with Crippen LogP contribution in [0.15, 0.2) is 24.3 Å². The van der Waals surface area contributed by atoms with Crippen molar-refractivity contribution in [3.8, 4) is 5.75 Å². The van der Waals surface area contributed by atoms with Crippen LogP contribution in [0.1, 0.15) is 50.5 Å². The summed E-state index contributed by atoms with van der Waals surface area (Å²) in [6.45, 7) is 1.89. The van der Waals surface area contributed by atoms with Crippen LogP contribution in [0.5, 0.6) is 5.75 Å². The zero-order chi connectivity index (χ0) is 18.4. The van der Waals surface area contributed by atoms with E-state index in [1.54, 1.807) is 12.0 Å². The molecule has 2 amide bonds. The fraction of sp³-hybridized carbons (Fsp3) is 0.667. The molecule has 2 aliphatic rings. The third-order valence-electron chi connectivity index (χ3n) is 6.13. The quantitative estimate of drug-likeness (QED) is 0.745. The number of ether oxygens (including phenoxy) is 1. The fourth-order valence-electron chi connectivity index (χ4n) is 4.46. The second kappa shape index (κ2) is 8.76. The van der Waals surface area contributed by atoms with E-state index in [4.69, 9.17) is 4.74 Å². The molecule has 0 radical (unpaired) electrons. The van der Waals surface area contributed by atoms with Gasteiger partial charge in [-0.05, 0) is 43.1 Å². The van der Waals surface area contributed by atoms with Crippen molar-refractivity contribution in [1.29, 1.82) is 0 Å². The number of aliphatic hydroxyl groups is 1. The lowest BCUT2D eigenvalue weighted by atomic mass is 9.84. The summed E-state index contributed by atoms with van der Waals surface area (Å²) in [6, 6.07) is 7.74. The summed E-state index contributed by atoms with van der Waals surface area (Å²) < 4.78 is 5.41. The molecule has 0 unspecified atom stereocenters. The summed E-state index contributed by atoms with van der Waals surface area (Å²) in [5.41, 5.74) is 1.52. The lowest BCUT2D eigenvalue weighted by molar-refractivity contribution is 0.184. The highest BCUT2D eigenvalue weighted by molar-refractivity contribution is 5.74. The predicted molar refractivity (Wildman–Crippen MR) is 102 cm³/mol. The van der Waals surface area contributed by atoms with Gasteiger partial charge in [-0.25, -0.2) is 4.79 Å². The highest BCUT2D eigenvalue weighted by Gasteiger charge is 2.53. The smallest absolute Gasteiger partial charge is 0.317 e. The van der Waals surface area contributed by atoms with Crippen molar-refractivity contribution in [3.63, 3.8) is 0 Å². The highest BCUT2D eigenvalue weighted by Crippen LogP contribution is 2.60. The molecular formula is C21H32N2O3. The first-order valence-corrected chi connectivity index (χ1v) is 9.94. The number of nitrogens with zero attached hydrogens (tertiary/aromatic N) is 1. The first-order chi connectivity index (χ1) is 12.7. The van der Waals surface area contributed by atoms with Crippen LogP contribution in [0.25, 0.3) is 0 Å². The van der Waals surface area contributed by atoms with E-state index in [0.29, 0.717) is 30.8 Å². The zero-order valence-electron chi connectivity index (χ0n) is 15.9. The molecule has 2 aliphatic carbocycles. The SMILES string of the molecule is COc1ccccc1CN(CCCO)C(=O)NC[C@@H]1CC12CCCCC2. The maximum Gasteiger partial charge on any atom is 0.317 e. The third kappa shape index (κ3) is 4.50. The van der Waals surface area contributed by atoms with E-state index in [1.807, 2.05) is 24.3 Å². The van der Waals surface area contributed by atoms with E-state index in [0.717, 1.165) is 17.9 Å². The van der Waals surface area contributed by atoms with Crippen molar-refractivity contribution in [2.45, 2.75) is 51.5 Å². The van der Waals surface area contributed by atoms with Crippen LogP contribution in [0.4, 0.5) is 4.79 Å². The maximum absolute atomic E-state index is 12.7. The Morgan fingerprint density at radius 1 is 1.31 bits per heavy atom. The van der Waals surface area contributed by atoms with Crippen molar-refractivity contribution in [2.75, 3.05) is 26.8 Å². The van der Waals surface area contributed by atoms with Crippen molar-refractivity contribution in [1.82, 2.24) is 10.2 Å².